The van der Waals surface area contributed by atoms with E-state index in [1.165, 1.54) is 23.2 Å². The van der Waals surface area contributed by atoms with Crippen LogP contribution in [0.2, 0.25) is 5.02 Å². The van der Waals surface area contributed by atoms with E-state index < -0.39 is 60.7 Å². The third kappa shape index (κ3) is 6.61. The Balaban J connectivity index is 1.65. The fourth-order valence-electron chi connectivity index (χ4n) is 5.22. The van der Waals surface area contributed by atoms with Crippen LogP contribution >= 0.6 is 56.8 Å². The maximum absolute atomic E-state index is 14.7. The van der Waals surface area contributed by atoms with Gasteiger partial charge in [-0.05, 0) is 81.6 Å². The predicted octanol–water partition coefficient (Wildman–Crippen LogP) is 4.97. The van der Waals surface area contributed by atoms with Crippen LogP contribution in [-0.4, -0.2) is 51.9 Å². The molecule has 2 N–H and O–H groups in total. The van der Waals surface area contributed by atoms with E-state index in [1.807, 2.05) is 12.1 Å². The number of alkyl halides is 2. The molecule has 1 aromatic heterocycles. The number of rotatable bonds is 7. The van der Waals surface area contributed by atoms with E-state index in [1.54, 1.807) is 36.4 Å². The summed E-state index contributed by atoms with van der Waals surface area (Å²) in [6.45, 7) is 0. The lowest BCUT2D eigenvalue weighted by Crippen LogP contribution is -2.56. The Bertz CT molecular complexity index is 1630. The van der Waals surface area contributed by atoms with Crippen LogP contribution in [0.3, 0.4) is 0 Å². The fourth-order valence-corrected chi connectivity index (χ4v) is 7.36. The summed E-state index contributed by atoms with van der Waals surface area (Å²) in [7, 11) is 0. The molecule has 0 radical (unpaired) electrons. The summed E-state index contributed by atoms with van der Waals surface area (Å²) in [6, 6.07) is 12.7. The monoisotopic (exact) mass is 831 g/mol. The molecule has 1 aliphatic heterocycles. The Morgan fingerprint density at radius 3 is 2.47 bits per heavy atom. The number of nitrogens with one attached hydrogen (secondary N) is 1. The van der Waals surface area contributed by atoms with Crippen LogP contribution in [0.25, 0.3) is 0 Å². The number of anilines is 2. The van der Waals surface area contributed by atoms with Crippen molar-refractivity contribution < 1.29 is 28.3 Å². The summed E-state index contributed by atoms with van der Waals surface area (Å²) in [5.41, 5.74) is 0.698. The number of aliphatic hydroxyl groups is 1. The molecule has 2 heterocycles. The van der Waals surface area contributed by atoms with Crippen molar-refractivity contribution in [3.8, 4) is 6.07 Å². The first-order valence-corrected chi connectivity index (χ1v) is 15.5. The molecule has 43 heavy (non-hydrogen) atoms. The van der Waals surface area contributed by atoms with Crippen molar-refractivity contribution in [2.24, 2.45) is 0 Å². The second-order valence-electron chi connectivity index (χ2n) is 10.2. The lowest BCUT2D eigenvalue weighted by Gasteiger charge is -2.39. The molecule has 3 amide bonds. The number of carbonyl (C=O) groups is 3. The van der Waals surface area contributed by atoms with Crippen molar-refractivity contribution in [3.05, 3.63) is 84.1 Å². The van der Waals surface area contributed by atoms with Crippen molar-refractivity contribution in [1.82, 2.24) is 10.3 Å². The van der Waals surface area contributed by atoms with Crippen LogP contribution in [-0.2, 0) is 14.4 Å². The average molecular weight is 832 g/mol. The lowest BCUT2D eigenvalue weighted by molar-refractivity contribution is -0.133. The minimum Gasteiger partial charge on any atom is -0.383 e. The van der Waals surface area contributed by atoms with Gasteiger partial charge >= 0.3 is 0 Å². The number of pyridine rings is 1. The zero-order valence-corrected chi connectivity index (χ0v) is 27.1. The lowest BCUT2D eigenvalue weighted by atomic mass is 9.87. The number of benzene rings is 2. The first-order chi connectivity index (χ1) is 20.4. The van der Waals surface area contributed by atoms with E-state index in [-0.39, 0.29) is 34.1 Å². The van der Waals surface area contributed by atoms with Gasteiger partial charge in [0.2, 0.25) is 5.91 Å². The van der Waals surface area contributed by atoms with Gasteiger partial charge in [0.1, 0.15) is 24.0 Å². The quantitative estimate of drug-likeness (QED) is 0.324. The molecular formula is C29H22ClF2I2N5O4. The van der Waals surface area contributed by atoms with Gasteiger partial charge in [-0.1, -0.05) is 29.8 Å². The van der Waals surface area contributed by atoms with Crippen molar-refractivity contribution in [2.75, 3.05) is 9.80 Å². The van der Waals surface area contributed by atoms with E-state index in [4.69, 9.17) is 11.6 Å². The number of hydrogen-bond donors (Lipinski definition) is 2. The normalized spacial score (nSPS) is 20.2. The first-order valence-electron chi connectivity index (χ1n) is 13.0. The standard InChI is InChI=1S/C29H22ClF2I2N5O4/c30-21-4-2-1-3-20(21)25(26(41)37-18-12-29(31,32)13-18)38(19-9-16(33)8-17(34)10-19)27(42)22-11-23(40)28(43)39(22)24-7-15(14-35)5-6-36-24/h1-10,18,22-23,25,40H,11-13H2,(H,37,41)/t22-,23+,25+/m0/s1. The van der Waals surface area contributed by atoms with Gasteiger partial charge in [0.05, 0.1) is 11.6 Å². The highest BCUT2D eigenvalue weighted by molar-refractivity contribution is 14.1. The molecule has 0 spiro atoms. The van der Waals surface area contributed by atoms with E-state index in [2.05, 4.69) is 55.5 Å². The zero-order valence-electron chi connectivity index (χ0n) is 22.1. The van der Waals surface area contributed by atoms with Gasteiger partial charge in [-0.25, -0.2) is 13.8 Å². The molecular weight excluding hydrogens is 810 g/mol. The summed E-state index contributed by atoms with van der Waals surface area (Å²) >= 11 is 10.7. The number of nitriles is 1. The second-order valence-corrected chi connectivity index (χ2v) is 13.1. The highest BCUT2D eigenvalue weighted by atomic mass is 127. The molecule has 1 saturated carbocycles. The molecule has 222 valence electrons. The maximum atomic E-state index is 14.7. The molecule has 5 rings (SSSR count). The van der Waals surface area contributed by atoms with Gasteiger partial charge in [-0.2, -0.15) is 5.26 Å². The van der Waals surface area contributed by atoms with Gasteiger partial charge in [0.15, 0.2) is 0 Å². The average Bonchev–Trinajstić information content (AvgIpc) is 3.24. The fraction of sp³-hybridized carbons (Fsp3) is 0.276. The van der Waals surface area contributed by atoms with Gasteiger partial charge in [0.25, 0.3) is 17.7 Å². The summed E-state index contributed by atoms with van der Waals surface area (Å²) < 4.78 is 28.8. The number of carbonyl (C=O) groups excluding carboxylic acids is 3. The van der Waals surface area contributed by atoms with Crippen LogP contribution in [0, 0.1) is 18.5 Å². The number of aromatic nitrogens is 1. The summed E-state index contributed by atoms with van der Waals surface area (Å²) in [5.74, 6) is -5.20. The molecule has 0 unspecified atom stereocenters. The molecule has 3 aromatic rings. The van der Waals surface area contributed by atoms with Crippen molar-refractivity contribution in [1.29, 1.82) is 5.26 Å². The van der Waals surface area contributed by atoms with Gasteiger partial charge in [0, 0.05) is 54.9 Å². The third-order valence-electron chi connectivity index (χ3n) is 7.19. The predicted molar refractivity (Wildman–Crippen MR) is 171 cm³/mol. The number of amides is 3. The SMILES string of the molecule is N#Cc1ccnc(N2C(=O)[C@H](O)C[C@H]2C(=O)N(c2cc(I)cc(I)c2)[C@@H](C(=O)NC2CC(F)(F)C2)c2ccccc2Cl)c1. The van der Waals surface area contributed by atoms with Crippen LogP contribution in [0.4, 0.5) is 20.3 Å². The number of halogens is 5. The molecule has 2 fully saturated rings. The van der Waals surface area contributed by atoms with E-state index >= 15 is 0 Å². The molecule has 0 bridgehead atoms. The largest absolute Gasteiger partial charge is 0.383 e. The molecule has 14 heteroatoms. The number of aliphatic hydroxyl groups excluding tert-OH is 1. The van der Waals surface area contributed by atoms with E-state index in [9.17, 15) is 33.5 Å². The van der Waals surface area contributed by atoms with Crippen LogP contribution in [0.1, 0.15) is 36.4 Å². The van der Waals surface area contributed by atoms with Gasteiger partial charge in [-0.15, -0.1) is 0 Å². The first kappa shape index (κ1) is 31.5. The molecule has 9 nitrogen and oxygen atoms in total. The Morgan fingerprint density at radius 2 is 1.84 bits per heavy atom. The van der Waals surface area contributed by atoms with E-state index in [0.29, 0.717) is 0 Å². The highest BCUT2D eigenvalue weighted by Crippen LogP contribution is 2.40. The second kappa shape index (κ2) is 12.6. The van der Waals surface area contributed by atoms with E-state index in [0.717, 1.165) is 12.0 Å². The minimum atomic E-state index is -2.90. The molecule has 1 aliphatic carbocycles. The van der Waals surface area contributed by atoms with Crippen molar-refractivity contribution >= 4 is 86.0 Å². The van der Waals surface area contributed by atoms with Gasteiger partial charge in [-0.3, -0.25) is 24.2 Å². The Hall–Kier alpha value is -2.94. The Labute approximate surface area is 277 Å². The summed E-state index contributed by atoms with van der Waals surface area (Å²) in [5, 5.41) is 22.8. The minimum absolute atomic E-state index is 0.0217. The van der Waals surface area contributed by atoms with Gasteiger partial charge < -0.3 is 10.4 Å². The van der Waals surface area contributed by atoms with Crippen molar-refractivity contribution in [3.63, 3.8) is 0 Å². The Morgan fingerprint density at radius 1 is 1.16 bits per heavy atom. The third-order valence-corrected chi connectivity index (χ3v) is 8.78. The smallest absolute Gasteiger partial charge is 0.257 e. The molecule has 2 aliphatic rings. The highest BCUT2D eigenvalue weighted by Gasteiger charge is 2.50. The Kier molecular flexibility index (Phi) is 9.21. The molecule has 2 aromatic carbocycles. The zero-order chi connectivity index (χ0) is 31.1. The van der Waals surface area contributed by atoms with Crippen LogP contribution in [0.5, 0.6) is 0 Å². The number of nitrogens with zero attached hydrogens (tertiary/aromatic N) is 4. The van der Waals surface area contributed by atoms with Crippen LogP contribution in [0.15, 0.2) is 60.8 Å². The van der Waals surface area contributed by atoms with Crippen LogP contribution < -0.4 is 15.1 Å². The summed E-state index contributed by atoms with van der Waals surface area (Å²) in [6.07, 6.45) is -1.65. The summed E-state index contributed by atoms with van der Waals surface area (Å²) in [4.78, 5) is 48.2. The number of hydrogen-bond acceptors (Lipinski definition) is 6. The molecule has 3 atom stereocenters. The maximum Gasteiger partial charge on any atom is 0.257 e. The molecule has 1 saturated heterocycles. The topological polar surface area (TPSA) is 127 Å². The van der Waals surface area contributed by atoms with Crippen molar-refractivity contribution in [2.45, 2.75) is 49.4 Å².